The largest absolute Gasteiger partial charge is 0.449 e. The minimum atomic E-state index is 0.234. The van der Waals surface area contributed by atoms with Gasteiger partial charge in [0.05, 0.1) is 13.2 Å². The SMILES string of the molecule is CCOc1nc(CNC)no1. The van der Waals surface area contributed by atoms with Crippen LogP contribution in [0.25, 0.3) is 0 Å². The normalized spacial score (nSPS) is 10.0. The first-order chi connectivity index (χ1) is 5.36. The Kier molecular flexibility index (Phi) is 2.85. The number of nitrogens with one attached hydrogen (secondary N) is 1. The molecule has 0 spiro atoms. The van der Waals surface area contributed by atoms with Crippen molar-refractivity contribution in [1.29, 1.82) is 0 Å². The van der Waals surface area contributed by atoms with Gasteiger partial charge in [0.15, 0.2) is 5.82 Å². The Morgan fingerprint density at radius 2 is 2.45 bits per heavy atom. The van der Waals surface area contributed by atoms with Crippen molar-refractivity contribution in [3.8, 4) is 6.08 Å². The minimum Gasteiger partial charge on any atom is -0.449 e. The van der Waals surface area contributed by atoms with Gasteiger partial charge in [-0.3, -0.25) is 4.52 Å². The second kappa shape index (κ2) is 3.92. The lowest BCUT2D eigenvalue weighted by Gasteiger charge is -1.90. The molecule has 5 nitrogen and oxygen atoms in total. The summed E-state index contributed by atoms with van der Waals surface area (Å²) in [5, 5.41) is 6.55. The van der Waals surface area contributed by atoms with Gasteiger partial charge in [-0.1, -0.05) is 5.16 Å². The van der Waals surface area contributed by atoms with Crippen molar-refractivity contribution in [3.05, 3.63) is 5.82 Å². The van der Waals surface area contributed by atoms with Gasteiger partial charge >= 0.3 is 6.08 Å². The molecule has 0 radical (unpaired) electrons. The molecule has 0 atom stereocenters. The topological polar surface area (TPSA) is 60.2 Å². The van der Waals surface area contributed by atoms with Crippen LogP contribution in [0.5, 0.6) is 6.08 Å². The molecule has 0 saturated carbocycles. The maximum absolute atomic E-state index is 4.96. The van der Waals surface area contributed by atoms with E-state index in [9.17, 15) is 0 Å². The molecule has 0 fully saturated rings. The van der Waals surface area contributed by atoms with Crippen LogP contribution in [0.1, 0.15) is 12.7 Å². The summed E-state index contributed by atoms with van der Waals surface area (Å²) in [6.07, 6.45) is 0.234. The van der Waals surface area contributed by atoms with E-state index < -0.39 is 0 Å². The van der Waals surface area contributed by atoms with Gasteiger partial charge in [-0.15, -0.1) is 0 Å². The fraction of sp³-hybridized carbons (Fsp3) is 0.667. The minimum absolute atomic E-state index is 0.234. The summed E-state index contributed by atoms with van der Waals surface area (Å²) in [6, 6.07) is 0. The van der Waals surface area contributed by atoms with Crippen molar-refractivity contribution < 1.29 is 9.26 Å². The molecule has 0 saturated heterocycles. The van der Waals surface area contributed by atoms with Crippen LogP contribution in [-0.2, 0) is 6.54 Å². The summed E-state index contributed by atoms with van der Waals surface area (Å²) in [5.74, 6) is 0.607. The zero-order valence-electron chi connectivity index (χ0n) is 6.63. The molecule has 0 bridgehead atoms. The Morgan fingerprint density at radius 3 is 3.09 bits per heavy atom. The molecule has 0 aliphatic carbocycles. The zero-order valence-corrected chi connectivity index (χ0v) is 6.63. The Morgan fingerprint density at radius 1 is 1.64 bits per heavy atom. The van der Waals surface area contributed by atoms with E-state index in [4.69, 9.17) is 9.26 Å². The van der Waals surface area contributed by atoms with Gasteiger partial charge in [0.1, 0.15) is 0 Å². The maximum atomic E-state index is 4.96. The molecular weight excluding hydrogens is 146 g/mol. The third-order valence-corrected chi connectivity index (χ3v) is 1.05. The molecule has 0 aliphatic heterocycles. The number of hydrogen-bond acceptors (Lipinski definition) is 5. The van der Waals surface area contributed by atoms with E-state index in [1.807, 2.05) is 14.0 Å². The van der Waals surface area contributed by atoms with E-state index in [2.05, 4.69) is 15.5 Å². The Balaban J connectivity index is 2.51. The highest BCUT2D eigenvalue weighted by Crippen LogP contribution is 2.04. The summed E-state index contributed by atoms with van der Waals surface area (Å²) in [5.41, 5.74) is 0. The number of rotatable bonds is 4. The zero-order chi connectivity index (χ0) is 8.10. The summed E-state index contributed by atoms with van der Waals surface area (Å²) < 4.78 is 9.70. The van der Waals surface area contributed by atoms with E-state index in [0.29, 0.717) is 19.0 Å². The summed E-state index contributed by atoms with van der Waals surface area (Å²) >= 11 is 0. The van der Waals surface area contributed by atoms with Crippen LogP contribution in [-0.4, -0.2) is 23.8 Å². The molecule has 1 N–H and O–H groups in total. The van der Waals surface area contributed by atoms with Crippen molar-refractivity contribution in [1.82, 2.24) is 15.5 Å². The molecule has 1 aromatic heterocycles. The molecule has 62 valence electrons. The smallest absolute Gasteiger partial charge is 0.417 e. The van der Waals surface area contributed by atoms with Gasteiger partial charge in [0.2, 0.25) is 0 Å². The van der Waals surface area contributed by atoms with Gasteiger partial charge in [0, 0.05) is 0 Å². The highest BCUT2D eigenvalue weighted by Gasteiger charge is 2.03. The highest BCUT2D eigenvalue weighted by molar-refractivity contribution is 4.89. The number of hydrogen-bond donors (Lipinski definition) is 1. The second-order valence-corrected chi connectivity index (χ2v) is 1.94. The van der Waals surface area contributed by atoms with Gasteiger partial charge in [-0.2, -0.15) is 4.98 Å². The first-order valence-electron chi connectivity index (χ1n) is 3.46. The molecule has 1 aromatic rings. The fourth-order valence-corrected chi connectivity index (χ4v) is 0.650. The summed E-state index contributed by atoms with van der Waals surface area (Å²) in [6.45, 7) is 3.00. The van der Waals surface area contributed by atoms with Crippen LogP contribution in [0.15, 0.2) is 4.52 Å². The monoisotopic (exact) mass is 157 g/mol. The van der Waals surface area contributed by atoms with Crippen molar-refractivity contribution >= 4 is 0 Å². The van der Waals surface area contributed by atoms with Crippen LogP contribution in [0.3, 0.4) is 0 Å². The molecule has 0 unspecified atom stereocenters. The molecule has 0 aromatic carbocycles. The van der Waals surface area contributed by atoms with Crippen molar-refractivity contribution in [2.75, 3.05) is 13.7 Å². The van der Waals surface area contributed by atoms with Crippen LogP contribution in [0.2, 0.25) is 0 Å². The Hall–Kier alpha value is -1.10. The third kappa shape index (κ3) is 2.19. The molecule has 1 rings (SSSR count). The molecular formula is C6H11N3O2. The molecule has 0 amide bonds. The van der Waals surface area contributed by atoms with Gasteiger partial charge in [-0.05, 0) is 14.0 Å². The van der Waals surface area contributed by atoms with Crippen LogP contribution in [0, 0.1) is 0 Å². The lowest BCUT2D eigenvalue weighted by Crippen LogP contribution is -2.06. The molecule has 1 heterocycles. The van der Waals surface area contributed by atoms with E-state index in [1.165, 1.54) is 0 Å². The first-order valence-corrected chi connectivity index (χ1v) is 3.46. The Bertz CT molecular complexity index is 191. The standard InChI is InChI=1S/C6H11N3O2/c1-3-10-6-8-5(4-7-2)9-11-6/h7H,3-4H2,1-2H3. The van der Waals surface area contributed by atoms with Crippen molar-refractivity contribution in [2.45, 2.75) is 13.5 Å². The number of nitrogens with zero attached hydrogens (tertiary/aromatic N) is 2. The predicted octanol–water partition coefficient (Wildman–Crippen LogP) is 0.188. The average molecular weight is 157 g/mol. The summed E-state index contributed by atoms with van der Waals surface area (Å²) in [4.78, 5) is 3.93. The average Bonchev–Trinajstić information content (AvgIpc) is 2.38. The van der Waals surface area contributed by atoms with E-state index >= 15 is 0 Å². The van der Waals surface area contributed by atoms with Crippen molar-refractivity contribution in [3.63, 3.8) is 0 Å². The van der Waals surface area contributed by atoms with Crippen LogP contribution >= 0.6 is 0 Å². The van der Waals surface area contributed by atoms with E-state index in [1.54, 1.807) is 0 Å². The Labute approximate surface area is 64.7 Å². The lowest BCUT2D eigenvalue weighted by atomic mass is 10.6. The molecule has 0 aliphatic rings. The van der Waals surface area contributed by atoms with E-state index in [-0.39, 0.29) is 6.08 Å². The number of aromatic nitrogens is 2. The lowest BCUT2D eigenvalue weighted by molar-refractivity contribution is 0.215. The molecule has 11 heavy (non-hydrogen) atoms. The van der Waals surface area contributed by atoms with Gasteiger partial charge < -0.3 is 10.1 Å². The summed E-state index contributed by atoms with van der Waals surface area (Å²) in [7, 11) is 1.82. The van der Waals surface area contributed by atoms with Crippen molar-refractivity contribution in [2.24, 2.45) is 0 Å². The maximum Gasteiger partial charge on any atom is 0.417 e. The predicted molar refractivity (Wildman–Crippen MR) is 38.2 cm³/mol. The number of ether oxygens (including phenoxy) is 1. The quantitative estimate of drug-likeness (QED) is 0.676. The fourth-order valence-electron chi connectivity index (χ4n) is 0.650. The first kappa shape index (κ1) is 8.00. The van der Waals surface area contributed by atoms with E-state index in [0.717, 1.165) is 0 Å². The van der Waals surface area contributed by atoms with Crippen LogP contribution in [0.4, 0.5) is 0 Å². The molecule has 5 heteroatoms. The third-order valence-electron chi connectivity index (χ3n) is 1.05. The van der Waals surface area contributed by atoms with Gasteiger partial charge in [0.25, 0.3) is 0 Å². The second-order valence-electron chi connectivity index (χ2n) is 1.94. The van der Waals surface area contributed by atoms with Gasteiger partial charge in [-0.25, -0.2) is 0 Å². The van der Waals surface area contributed by atoms with Crippen LogP contribution < -0.4 is 10.1 Å². The highest BCUT2D eigenvalue weighted by atomic mass is 16.6.